The van der Waals surface area contributed by atoms with E-state index in [1.165, 1.54) is 30.7 Å². The summed E-state index contributed by atoms with van der Waals surface area (Å²) in [5.41, 5.74) is 3.35. The second-order valence-electron chi connectivity index (χ2n) is 10.1. The van der Waals surface area contributed by atoms with Crippen LogP contribution in [0, 0.1) is 17.0 Å². The topological polar surface area (TPSA) is 125 Å². The lowest BCUT2D eigenvalue weighted by atomic mass is 9.95. The molecule has 9 nitrogen and oxygen atoms in total. The van der Waals surface area contributed by atoms with Crippen LogP contribution in [0.4, 0.5) is 14.5 Å². The van der Waals surface area contributed by atoms with Gasteiger partial charge in [0.2, 0.25) is 5.91 Å². The number of pyridine rings is 3. The first-order valence-corrected chi connectivity index (χ1v) is 12.1. The SMILES string of the molecule is CC(C)(C)C(=O)Nc1cncc(-c2ncc3[nH]nc(-c4nc5c(-c6ccc(F)cc6)nccc5[nH]4)c3c2F)c1. The molecular formula is C28H22F2N8O. The predicted molar refractivity (Wildman–Crippen MR) is 143 cm³/mol. The maximum Gasteiger partial charge on any atom is 0.229 e. The van der Waals surface area contributed by atoms with Gasteiger partial charge < -0.3 is 10.3 Å². The van der Waals surface area contributed by atoms with Gasteiger partial charge in [0.25, 0.3) is 0 Å². The minimum atomic E-state index is -0.616. The molecule has 5 aromatic heterocycles. The van der Waals surface area contributed by atoms with E-state index >= 15 is 4.39 Å². The number of hydrogen-bond acceptors (Lipinski definition) is 6. The molecule has 0 aliphatic rings. The lowest BCUT2D eigenvalue weighted by molar-refractivity contribution is -0.123. The molecule has 3 N–H and O–H groups in total. The van der Waals surface area contributed by atoms with Crippen molar-refractivity contribution in [1.82, 2.24) is 35.1 Å². The molecule has 194 valence electrons. The van der Waals surface area contributed by atoms with Crippen molar-refractivity contribution < 1.29 is 13.6 Å². The zero-order valence-corrected chi connectivity index (χ0v) is 21.2. The Kier molecular flexibility index (Phi) is 5.63. The normalized spacial score (nSPS) is 11.8. The number of imidazole rings is 1. The fourth-order valence-corrected chi connectivity index (χ4v) is 4.17. The predicted octanol–water partition coefficient (Wildman–Crippen LogP) is 5.89. The number of aromatic amines is 2. The van der Waals surface area contributed by atoms with E-state index in [1.54, 1.807) is 51.2 Å². The molecule has 6 aromatic rings. The molecule has 0 unspecified atom stereocenters. The summed E-state index contributed by atoms with van der Waals surface area (Å²) in [6.45, 7) is 5.39. The first-order chi connectivity index (χ1) is 18.7. The first-order valence-electron chi connectivity index (χ1n) is 12.1. The van der Waals surface area contributed by atoms with Crippen LogP contribution in [0.1, 0.15) is 20.8 Å². The number of anilines is 1. The molecular weight excluding hydrogens is 502 g/mol. The van der Waals surface area contributed by atoms with Crippen LogP contribution in [0.2, 0.25) is 0 Å². The van der Waals surface area contributed by atoms with Gasteiger partial charge in [-0.05, 0) is 36.4 Å². The average molecular weight is 525 g/mol. The van der Waals surface area contributed by atoms with E-state index in [-0.39, 0.29) is 28.5 Å². The van der Waals surface area contributed by atoms with Crippen molar-refractivity contribution in [1.29, 1.82) is 0 Å². The van der Waals surface area contributed by atoms with Crippen LogP contribution in [0.3, 0.4) is 0 Å². The van der Waals surface area contributed by atoms with Gasteiger partial charge in [-0.25, -0.2) is 13.8 Å². The first kappa shape index (κ1) is 24.3. The second-order valence-corrected chi connectivity index (χ2v) is 10.1. The smallest absolute Gasteiger partial charge is 0.229 e. The number of H-pyrrole nitrogens is 2. The van der Waals surface area contributed by atoms with Crippen LogP contribution in [0.5, 0.6) is 0 Å². The Balaban J connectivity index is 1.43. The molecule has 0 saturated carbocycles. The van der Waals surface area contributed by atoms with Crippen LogP contribution < -0.4 is 5.32 Å². The van der Waals surface area contributed by atoms with Crippen molar-refractivity contribution >= 4 is 33.5 Å². The molecule has 0 fully saturated rings. The number of halogens is 2. The van der Waals surface area contributed by atoms with E-state index in [9.17, 15) is 9.18 Å². The molecule has 1 amide bonds. The average Bonchev–Trinajstić information content (AvgIpc) is 3.54. The van der Waals surface area contributed by atoms with Crippen LogP contribution in [-0.2, 0) is 4.79 Å². The summed E-state index contributed by atoms with van der Waals surface area (Å²) in [5, 5.41) is 10.1. The van der Waals surface area contributed by atoms with E-state index in [0.717, 1.165) is 0 Å². The Bertz CT molecular complexity index is 1870. The largest absolute Gasteiger partial charge is 0.336 e. The number of hydrogen-bond donors (Lipinski definition) is 3. The van der Waals surface area contributed by atoms with Crippen molar-refractivity contribution in [2.24, 2.45) is 5.41 Å². The van der Waals surface area contributed by atoms with Crippen LogP contribution in [0.15, 0.2) is 61.2 Å². The van der Waals surface area contributed by atoms with Gasteiger partial charge in [-0.15, -0.1) is 0 Å². The fourth-order valence-electron chi connectivity index (χ4n) is 4.17. The molecule has 39 heavy (non-hydrogen) atoms. The standard InChI is InChI=1S/C28H22F2N8O/c1-28(2,3)27(39)34-17-10-15(11-31-12-17)22-21(30)20-19(13-33-22)37-38-25(20)26-35-18-8-9-32-23(24(18)36-26)14-4-6-16(29)7-5-14/h4-13H,1-3H3,(H,34,39)(H,35,36)(H,37,38). The number of nitrogens with one attached hydrogen (secondary N) is 3. The Morgan fingerprint density at radius 2 is 1.69 bits per heavy atom. The number of aromatic nitrogens is 7. The highest BCUT2D eigenvalue weighted by Gasteiger charge is 2.23. The Morgan fingerprint density at radius 1 is 0.897 bits per heavy atom. The molecule has 0 radical (unpaired) electrons. The number of amides is 1. The molecule has 0 atom stereocenters. The number of nitrogens with zero attached hydrogens (tertiary/aromatic N) is 5. The Hall–Kier alpha value is -5.06. The number of carbonyl (C=O) groups is 1. The number of rotatable bonds is 4. The highest BCUT2D eigenvalue weighted by molar-refractivity contribution is 5.98. The Labute approximate surface area is 220 Å². The molecule has 0 bridgehead atoms. The molecule has 0 aliphatic heterocycles. The number of fused-ring (bicyclic) bond motifs is 2. The summed E-state index contributed by atoms with van der Waals surface area (Å²) in [4.78, 5) is 33.2. The molecule has 1 aromatic carbocycles. The molecule has 0 saturated heterocycles. The second kappa shape index (κ2) is 9.05. The van der Waals surface area contributed by atoms with Gasteiger partial charge in [-0.3, -0.25) is 24.8 Å². The van der Waals surface area contributed by atoms with Crippen molar-refractivity contribution in [3.63, 3.8) is 0 Å². The third-order valence-electron chi connectivity index (χ3n) is 6.24. The summed E-state index contributed by atoms with van der Waals surface area (Å²) in [6, 6.07) is 9.33. The quantitative estimate of drug-likeness (QED) is 0.264. The van der Waals surface area contributed by atoms with Gasteiger partial charge in [0.15, 0.2) is 11.6 Å². The summed E-state index contributed by atoms with van der Waals surface area (Å²) < 4.78 is 29.5. The highest BCUT2D eigenvalue weighted by atomic mass is 19.1. The van der Waals surface area contributed by atoms with Crippen LogP contribution >= 0.6 is 0 Å². The lowest BCUT2D eigenvalue weighted by Crippen LogP contribution is -2.27. The zero-order valence-electron chi connectivity index (χ0n) is 21.2. The van der Waals surface area contributed by atoms with Gasteiger partial charge in [-0.1, -0.05) is 20.8 Å². The third-order valence-corrected chi connectivity index (χ3v) is 6.24. The third kappa shape index (κ3) is 4.37. The van der Waals surface area contributed by atoms with Gasteiger partial charge in [-0.2, -0.15) is 5.10 Å². The van der Waals surface area contributed by atoms with E-state index in [2.05, 4.69) is 40.4 Å². The van der Waals surface area contributed by atoms with Crippen molar-refractivity contribution in [2.75, 3.05) is 5.32 Å². The fraction of sp³-hybridized carbons (Fsp3) is 0.143. The number of benzene rings is 1. The van der Waals surface area contributed by atoms with E-state index in [1.807, 2.05) is 0 Å². The molecule has 6 rings (SSSR count). The highest BCUT2D eigenvalue weighted by Crippen LogP contribution is 2.34. The maximum atomic E-state index is 16.0. The van der Waals surface area contributed by atoms with Crippen LogP contribution in [-0.4, -0.2) is 41.0 Å². The molecule has 0 aliphatic carbocycles. The Morgan fingerprint density at radius 3 is 2.46 bits per heavy atom. The monoisotopic (exact) mass is 524 g/mol. The summed E-state index contributed by atoms with van der Waals surface area (Å²) in [6.07, 6.45) is 6.07. The summed E-state index contributed by atoms with van der Waals surface area (Å²) in [5.74, 6) is -0.835. The van der Waals surface area contributed by atoms with Gasteiger partial charge in [0, 0.05) is 28.9 Å². The van der Waals surface area contributed by atoms with Crippen molar-refractivity contribution in [3.8, 4) is 34.0 Å². The molecule has 0 spiro atoms. The maximum absolute atomic E-state index is 16.0. The molecule has 5 heterocycles. The van der Waals surface area contributed by atoms with Crippen molar-refractivity contribution in [2.45, 2.75) is 20.8 Å². The zero-order chi connectivity index (χ0) is 27.3. The lowest BCUT2D eigenvalue weighted by Gasteiger charge is -2.17. The minimum absolute atomic E-state index is 0.0503. The van der Waals surface area contributed by atoms with Gasteiger partial charge >= 0.3 is 0 Å². The van der Waals surface area contributed by atoms with Gasteiger partial charge in [0.05, 0.1) is 40.2 Å². The van der Waals surface area contributed by atoms with E-state index in [4.69, 9.17) is 0 Å². The number of carbonyl (C=O) groups excluding carboxylic acids is 1. The van der Waals surface area contributed by atoms with Crippen molar-refractivity contribution in [3.05, 3.63) is 72.8 Å². The van der Waals surface area contributed by atoms with E-state index in [0.29, 0.717) is 44.9 Å². The molecule has 11 heteroatoms. The summed E-state index contributed by atoms with van der Waals surface area (Å²) >= 11 is 0. The summed E-state index contributed by atoms with van der Waals surface area (Å²) in [7, 11) is 0. The van der Waals surface area contributed by atoms with Crippen LogP contribution in [0.25, 0.3) is 56.0 Å². The minimum Gasteiger partial charge on any atom is -0.336 e. The van der Waals surface area contributed by atoms with E-state index < -0.39 is 11.2 Å². The van der Waals surface area contributed by atoms with Gasteiger partial charge in [0.1, 0.15) is 22.7 Å².